The van der Waals surface area contributed by atoms with Gasteiger partial charge in [0.2, 0.25) is 0 Å². The summed E-state index contributed by atoms with van der Waals surface area (Å²) in [6.07, 6.45) is 0. The maximum atomic E-state index is 5.43. The quantitative estimate of drug-likeness (QED) is 0.110. The molecule has 0 saturated carbocycles. The van der Waals surface area contributed by atoms with Crippen molar-refractivity contribution in [2.45, 2.75) is 27.3 Å². The second-order valence-electron chi connectivity index (χ2n) is 14.3. The van der Waals surface area contributed by atoms with Crippen molar-refractivity contribution in [2.75, 3.05) is 0 Å². The summed E-state index contributed by atoms with van der Waals surface area (Å²) < 4.78 is 4.95. The SMILES string of the molecule is CC(=C=C(c1ccc(-c2ccccc2)cc1)C(C)C)C(=NCc1cccc(-n2c3ccccc3c3ccccc32)c1)c1ccc2c(c1)sc1ccccc12. The second-order valence-corrected chi connectivity index (χ2v) is 15.4. The fourth-order valence-electron chi connectivity index (χ4n) is 7.75. The molecular formula is C51H40N2S. The molecule has 9 aromatic rings. The van der Waals surface area contributed by atoms with E-state index in [1.165, 1.54) is 64.2 Å². The van der Waals surface area contributed by atoms with Gasteiger partial charge in [-0.25, -0.2) is 0 Å². The van der Waals surface area contributed by atoms with E-state index < -0.39 is 0 Å². The molecule has 0 aliphatic carbocycles. The number of nitrogens with zero attached hydrogens (tertiary/aromatic N) is 2. The van der Waals surface area contributed by atoms with Gasteiger partial charge in [-0.05, 0) is 71.5 Å². The number of benzene rings is 7. The molecule has 0 atom stereocenters. The number of thiophene rings is 1. The highest BCUT2D eigenvalue weighted by Gasteiger charge is 2.15. The first-order valence-electron chi connectivity index (χ1n) is 18.7. The summed E-state index contributed by atoms with van der Waals surface area (Å²) in [7, 11) is 0. The number of aliphatic imine (C=N–C) groups is 1. The van der Waals surface area contributed by atoms with Crippen molar-refractivity contribution in [3.05, 3.63) is 198 Å². The first kappa shape index (κ1) is 33.6. The fraction of sp³-hybridized carbons (Fsp3) is 0.0980. The molecule has 9 rings (SSSR count). The van der Waals surface area contributed by atoms with Crippen molar-refractivity contribution < 1.29 is 0 Å². The molecule has 2 heterocycles. The number of aromatic nitrogens is 1. The highest BCUT2D eigenvalue weighted by atomic mass is 32.1. The van der Waals surface area contributed by atoms with Crippen molar-refractivity contribution in [1.82, 2.24) is 4.57 Å². The van der Waals surface area contributed by atoms with Gasteiger partial charge >= 0.3 is 0 Å². The van der Waals surface area contributed by atoms with Crippen LogP contribution in [-0.2, 0) is 6.54 Å². The van der Waals surface area contributed by atoms with E-state index in [2.05, 4.69) is 201 Å². The lowest BCUT2D eigenvalue weighted by Crippen LogP contribution is -2.04. The first-order chi connectivity index (χ1) is 26.5. The van der Waals surface area contributed by atoms with Crippen LogP contribution in [0.2, 0.25) is 0 Å². The molecule has 0 N–H and O–H groups in total. The Morgan fingerprint density at radius 2 is 1.19 bits per heavy atom. The van der Waals surface area contributed by atoms with Gasteiger partial charge in [-0.3, -0.25) is 4.99 Å². The van der Waals surface area contributed by atoms with Crippen LogP contribution in [0.3, 0.4) is 0 Å². The van der Waals surface area contributed by atoms with E-state index in [1.807, 2.05) is 11.3 Å². The first-order valence-corrected chi connectivity index (χ1v) is 19.5. The zero-order valence-electron chi connectivity index (χ0n) is 30.8. The minimum atomic E-state index is 0.275. The van der Waals surface area contributed by atoms with E-state index in [9.17, 15) is 0 Å². The smallest absolute Gasteiger partial charge is 0.0757 e. The molecule has 0 amide bonds. The van der Waals surface area contributed by atoms with E-state index >= 15 is 0 Å². The molecule has 0 spiro atoms. The monoisotopic (exact) mass is 712 g/mol. The van der Waals surface area contributed by atoms with Gasteiger partial charge in [-0.2, -0.15) is 0 Å². The molecule has 0 aliphatic heterocycles. The van der Waals surface area contributed by atoms with E-state index in [0.29, 0.717) is 6.54 Å². The van der Waals surface area contributed by atoms with E-state index in [4.69, 9.17) is 4.99 Å². The molecule has 54 heavy (non-hydrogen) atoms. The number of rotatable bonds is 8. The third-order valence-electron chi connectivity index (χ3n) is 10.4. The summed E-state index contributed by atoms with van der Waals surface area (Å²) in [5.41, 5.74) is 16.5. The van der Waals surface area contributed by atoms with Crippen LogP contribution in [0.4, 0.5) is 0 Å². The van der Waals surface area contributed by atoms with Gasteiger partial charge in [0.05, 0.1) is 23.3 Å². The summed E-state index contributed by atoms with van der Waals surface area (Å²) in [6, 6.07) is 61.2. The second kappa shape index (κ2) is 14.3. The maximum Gasteiger partial charge on any atom is 0.0757 e. The van der Waals surface area contributed by atoms with Gasteiger partial charge in [-0.1, -0.05) is 147 Å². The minimum Gasteiger partial charge on any atom is -0.309 e. The molecule has 2 aromatic heterocycles. The molecule has 7 aromatic carbocycles. The Morgan fingerprint density at radius 3 is 1.91 bits per heavy atom. The van der Waals surface area contributed by atoms with E-state index in [1.54, 1.807) is 0 Å². The summed E-state index contributed by atoms with van der Waals surface area (Å²) in [6.45, 7) is 7.22. The number of allylic oxidation sites excluding steroid dienone is 1. The molecule has 0 bridgehead atoms. The lowest BCUT2D eigenvalue weighted by molar-refractivity contribution is 0.856. The summed E-state index contributed by atoms with van der Waals surface area (Å²) in [5.74, 6) is 0.275. The van der Waals surface area contributed by atoms with Crippen LogP contribution in [-0.4, -0.2) is 10.3 Å². The maximum absolute atomic E-state index is 5.43. The van der Waals surface area contributed by atoms with Crippen LogP contribution in [0, 0.1) is 5.92 Å². The van der Waals surface area contributed by atoms with Gasteiger partial charge in [0.25, 0.3) is 0 Å². The molecule has 2 nitrogen and oxygen atoms in total. The van der Waals surface area contributed by atoms with E-state index in [0.717, 1.165) is 28.1 Å². The van der Waals surface area contributed by atoms with E-state index in [-0.39, 0.29) is 5.92 Å². The average Bonchev–Trinajstić information content (AvgIpc) is 3.76. The Morgan fingerprint density at radius 1 is 0.574 bits per heavy atom. The molecule has 0 fully saturated rings. The molecule has 0 radical (unpaired) electrons. The van der Waals surface area contributed by atoms with Gasteiger partial charge in [0.15, 0.2) is 0 Å². The topological polar surface area (TPSA) is 17.3 Å². The van der Waals surface area contributed by atoms with Crippen LogP contribution in [0.1, 0.15) is 37.5 Å². The van der Waals surface area contributed by atoms with Crippen LogP contribution in [0.15, 0.2) is 186 Å². The summed E-state index contributed by atoms with van der Waals surface area (Å²) in [5, 5.41) is 5.12. The predicted octanol–water partition coefficient (Wildman–Crippen LogP) is 14.1. The molecule has 0 saturated heterocycles. The molecule has 260 valence electrons. The third-order valence-corrected chi connectivity index (χ3v) is 11.5. The van der Waals surface area contributed by atoms with Crippen LogP contribution >= 0.6 is 11.3 Å². The van der Waals surface area contributed by atoms with Crippen molar-refractivity contribution in [3.63, 3.8) is 0 Å². The predicted molar refractivity (Wildman–Crippen MR) is 233 cm³/mol. The van der Waals surface area contributed by atoms with Crippen molar-refractivity contribution in [2.24, 2.45) is 10.9 Å². The molecule has 3 heteroatoms. The minimum absolute atomic E-state index is 0.275. The number of hydrogen-bond donors (Lipinski definition) is 0. The van der Waals surface area contributed by atoms with Crippen molar-refractivity contribution >= 4 is 64.6 Å². The Labute approximate surface area is 320 Å². The zero-order chi connectivity index (χ0) is 36.6. The number of hydrogen-bond acceptors (Lipinski definition) is 2. The van der Waals surface area contributed by atoms with Gasteiger partial charge in [0.1, 0.15) is 0 Å². The van der Waals surface area contributed by atoms with Gasteiger partial charge in [-0.15, -0.1) is 17.1 Å². The van der Waals surface area contributed by atoms with Crippen molar-refractivity contribution in [3.8, 4) is 16.8 Å². The fourth-order valence-corrected chi connectivity index (χ4v) is 8.89. The normalized spacial score (nSPS) is 11.9. The third kappa shape index (κ3) is 6.28. The highest BCUT2D eigenvalue weighted by molar-refractivity contribution is 7.25. The molecule has 0 aliphatic rings. The number of fused-ring (bicyclic) bond motifs is 6. The number of para-hydroxylation sites is 2. The largest absolute Gasteiger partial charge is 0.309 e. The molecule has 0 unspecified atom stereocenters. The Balaban J connectivity index is 1.15. The van der Waals surface area contributed by atoms with Crippen LogP contribution in [0.25, 0.3) is 64.4 Å². The van der Waals surface area contributed by atoms with Crippen LogP contribution < -0.4 is 0 Å². The Bertz CT molecular complexity index is 2860. The van der Waals surface area contributed by atoms with Gasteiger partial charge < -0.3 is 4.57 Å². The molecular weight excluding hydrogens is 673 g/mol. The van der Waals surface area contributed by atoms with Crippen LogP contribution in [0.5, 0.6) is 0 Å². The standard InChI is InChI=1S/C51H40N2S/c1-34(2)46(39-26-24-38(25-27-39)37-15-5-4-6-16-37)30-35(3)51(40-28-29-45-44-20-9-12-23-49(44)54-50(45)32-40)52-33-36-14-13-17-41(31-36)53-47-21-10-7-18-42(47)43-19-8-11-22-48(43)53/h4-29,31-32,34H,33H2,1-3H3. The lowest BCUT2D eigenvalue weighted by Gasteiger charge is -2.13. The zero-order valence-corrected chi connectivity index (χ0v) is 31.6. The lowest BCUT2D eigenvalue weighted by atomic mass is 9.92. The Hall–Kier alpha value is -6.25. The van der Waals surface area contributed by atoms with Gasteiger partial charge in [0, 0.05) is 53.3 Å². The average molecular weight is 713 g/mol. The summed E-state index contributed by atoms with van der Waals surface area (Å²) >= 11 is 1.84. The van der Waals surface area contributed by atoms with Crippen molar-refractivity contribution in [1.29, 1.82) is 0 Å². The Kier molecular flexibility index (Phi) is 8.89. The summed E-state index contributed by atoms with van der Waals surface area (Å²) in [4.78, 5) is 5.43. The highest BCUT2D eigenvalue weighted by Crippen LogP contribution is 2.36.